The molecular formula is C30H32N6O4. The number of benzene rings is 2. The lowest BCUT2D eigenvalue weighted by molar-refractivity contribution is -0.119. The van der Waals surface area contributed by atoms with E-state index in [4.69, 9.17) is 4.74 Å². The molecule has 0 aliphatic carbocycles. The van der Waals surface area contributed by atoms with E-state index >= 15 is 0 Å². The molecule has 206 valence electrons. The number of pyridine rings is 1. The molecule has 1 aromatic heterocycles. The topological polar surface area (TPSA) is 107 Å². The first-order valence-electron chi connectivity index (χ1n) is 13.1. The first-order valence-corrected chi connectivity index (χ1v) is 13.1. The van der Waals surface area contributed by atoms with E-state index < -0.39 is 5.97 Å². The number of hydrogen-bond acceptors (Lipinski definition) is 8. The Kier molecular flexibility index (Phi) is 7.90. The smallest absolute Gasteiger partial charge is 0.356 e. The molecule has 2 amide bonds. The van der Waals surface area contributed by atoms with Gasteiger partial charge in [-0.3, -0.25) is 14.5 Å². The second-order valence-electron chi connectivity index (χ2n) is 9.86. The van der Waals surface area contributed by atoms with Gasteiger partial charge in [-0.15, -0.1) is 0 Å². The zero-order chi connectivity index (χ0) is 28.2. The van der Waals surface area contributed by atoms with Gasteiger partial charge in [-0.05, 0) is 49.0 Å². The third-order valence-electron chi connectivity index (χ3n) is 7.18. The Morgan fingerprint density at radius 2 is 1.70 bits per heavy atom. The van der Waals surface area contributed by atoms with Crippen LogP contribution < -0.4 is 15.5 Å². The van der Waals surface area contributed by atoms with E-state index in [9.17, 15) is 14.4 Å². The Morgan fingerprint density at radius 1 is 1.00 bits per heavy atom. The number of piperazine rings is 1. The highest BCUT2D eigenvalue weighted by Gasteiger charge is 2.30. The first kappa shape index (κ1) is 27.0. The fraction of sp³-hybridized carbons (Fsp3) is 0.267. The minimum atomic E-state index is -0.581. The molecule has 0 saturated carbocycles. The third-order valence-corrected chi connectivity index (χ3v) is 7.18. The lowest BCUT2D eigenvalue weighted by Crippen LogP contribution is -2.48. The van der Waals surface area contributed by atoms with Gasteiger partial charge in [-0.1, -0.05) is 30.3 Å². The molecule has 2 aliphatic rings. The fourth-order valence-electron chi connectivity index (χ4n) is 4.76. The number of anilines is 3. The van der Waals surface area contributed by atoms with Gasteiger partial charge in [0.25, 0.3) is 5.91 Å². The normalized spacial score (nSPS) is 16.6. The number of fused-ring (bicyclic) bond motifs is 1. The number of nitrogens with one attached hydrogen (secondary N) is 2. The predicted octanol–water partition coefficient (Wildman–Crippen LogP) is 3.01. The number of carbonyl (C=O) groups excluding carboxylic acids is 3. The van der Waals surface area contributed by atoms with E-state index in [2.05, 4.69) is 32.5 Å². The third kappa shape index (κ3) is 5.73. The van der Waals surface area contributed by atoms with Crippen LogP contribution in [0.4, 0.5) is 17.2 Å². The van der Waals surface area contributed by atoms with Gasteiger partial charge in [0.05, 0.1) is 24.9 Å². The summed E-state index contributed by atoms with van der Waals surface area (Å²) in [4.78, 5) is 48.4. The number of esters is 1. The highest BCUT2D eigenvalue weighted by Crippen LogP contribution is 2.37. The maximum absolute atomic E-state index is 13.2. The average molecular weight is 541 g/mol. The number of carbonyl (C=O) groups is 3. The zero-order valence-corrected chi connectivity index (χ0v) is 22.8. The second kappa shape index (κ2) is 11.7. The molecule has 5 rings (SSSR count). The number of amides is 2. The van der Waals surface area contributed by atoms with E-state index in [1.165, 1.54) is 13.2 Å². The van der Waals surface area contributed by atoms with E-state index in [0.717, 1.165) is 43.1 Å². The molecule has 2 aliphatic heterocycles. The highest BCUT2D eigenvalue weighted by molar-refractivity contribution is 6.37. The Labute approximate surface area is 233 Å². The summed E-state index contributed by atoms with van der Waals surface area (Å²) in [6.45, 7) is 4.07. The van der Waals surface area contributed by atoms with Crippen molar-refractivity contribution >= 4 is 46.2 Å². The molecule has 3 aromatic rings. The van der Waals surface area contributed by atoms with Crippen molar-refractivity contribution in [2.24, 2.45) is 0 Å². The number of likely N-dealkylation sites (N-methyl/N-ethyl adjacent to an activating group) is 2. The maximum atomic E-state index is 13.2. The lowest BCUT2D eigenvalue weighted by atomic mass is 10.0. The summed E-state index contributed by atoms with van der Waals surface area (Å²) in [5, 5.41) is 6.17. The van der Waals surface area contributed by atoms with Crippen LogP contribution in [0.5, 0.6) is 0 Å². The van der Waals surface area contributed by atoms with Gasteiger partial charge >= 0.3 is 5.97 Å². The van der Waals surface area contributed by atoms with Gasteiger partial charge in [0.15, 0.2) is 5.69 Å². The van der Waals surface area contributed by atoms with Crippen molar-refractivity contribution in [2.45, 2.75) is 0 Å². The van der Waals surface area contributed by atoms with E-state index in [0.29, 0.717) is 29.2 Å². The van der Waals surface area contributed by atoms with Crippen LogP contribution in [0.1, 0.15) is 21.6 Å². The number of aromatic nitrogens is 1. The molecule has 10 heteroatoms. The summed E-state index contributed by atoms with van der Waals surface area (Å²) in [7, 11) is 5.16. The quantitative estimate of drug-likeness (QED) is 0.348. The summed E-state index contributed by atoms with van der Waals surface area (Å²) >= 11 is 0. The number of ether oxygens (including phenoxy) is 1. The molecule has 2 N–H and O–H groups in total. The molecule has 0 atom stereocenters. The number of methoxy groups -OCH3 is 1. The highest BCUT2D eigenvalue weighted by atomic mass is 16.5. The van der Waals surface area contributed by atoms with Gasteiger partial charge in [-0.25, -0.2) is 9.78 Å². The van der Waals surface area contributed by atoms with Crippen LogP contribution in [0.2, 0.25) is 0 Å². The monoisotopic (exact) mass is 540 g/mol. The van der Waals surface area contributed by atoms with Crippen LogP contribution in [-0.2, 0) is 14.3 Å². The van der Waals surface area contributed by atoms with Gasteiger partial charge in [-0.2, -0.15) is 0 Å². The van der Waals surface area contributed by atoms with Crippen LogP contribution >= 0.6 is 0 Å². The minimum Gasteiger partial charge on any atom is -0.464 e. The molecule has 0 spiro atoms. The first-order chi connectivity index (χ1) is 19.3. The van der Waals surface area contributed by atoms with Gasteiger partial charge < -0.3 is 25.2 Å². The fourth-order valence-corrected chi connectivity index (χ4v) is 4.76. The van der Waals surface area contributed by atoms with E-state index in [-0.39, 0.29) is 17.5 Å². The van der Waals surface area contributed by atoms with Crippen molar-refractivity contribution in [3.05, 3.63) is 83.6 Å². The Hall–Kier alpha value is -4.54. The summed E-state index contributed by atoms with van der Waals surface area (Å²) in [5.74, 6) is -0.575. The Morgan fingerprint density at radius 3 is 2.38 bits per heavy atom. The SMILES string of the molecule is COC(=O)c1ccc2c(n1)NC(=O)C2=C(Nc1ccc(N(C)C(=O)CN2CCN(C)CC2)cc1)c1ccccc1. The number of hydrogen-bond donors (Lipinski definition) is 2. The molecule has 40 heavy (non-hydrogen) atoms. The van der Waals surface area contributed by atoms with Crippen molar-refractivity contribution in [3.8, 4) is 0 Å². The number of nitrogens with zero attached hydrogens (tertiary/aromatic N) is 4. The van der Waals surface area contributed by atoms with Crippen molar-refractivity contribution in [1.29, 1.82) is 0 Å². The summed E-state index contributed by atoms with van der Waals surface area (Å²) in [5.41, 5.74) is 4.03. The molecule has 10 nitrogen and oxygen atoms in total. The predicted molar refractivity (Wildman–Crippen MR) is 155 cm³/mol. The molecule has 1 saturated heterocycles. The largest absolute Gasteiger partial charge is 0.464 e. The van der Waals surface area contributed by atoms with Gasteiger partial charge in [0.1, 0.15) is 5.82 Å². The Balaban J connectivity index is 1.40. The van der Waals surface area contributed by atoms with Crippen LogP contribution in [0.25, 0.3) is 11.3 Å². The van der Waals surface area contributed by atoms with Crippen molar-refractivity contribution in [3.63, 3.8) is 0 Å². The molecular weight excluding hydrogens is 508 g/mol. The average Bonchev–Trinajstić information content (AvgIpc) is 3.31. The Bertz CT molecular complexity index is 1450. The maximum Gasteiger partial charge on any atom is 0.356 e. The van der Waals surface area contributed by atoms with Crippen LogP contribution in [0.3, 0.4) is 0 Å². The molecule has 1 fully saturated rings. The summed E-state index contributed by atoms with van der Waals surface area (Å²) < 4.78 is 4.76. The minimum absolute atomic E-state index is 0.0374. The van der Waals surface area contributed by atoms with E-state index in [1.54, 1.807) is 18.0 Å². The van der Waals surface area contributed by atoms with Gasteiger partial charge in [0.2, 0.25) is 5.91 Å². The van der Waals surface area contributed by atoms with Crippen LogP contribution in [0.15, 0.2) is 66.7 Å². The molecule has 0 radical (unpaired) electrons. The summed E-state index contributed by atoms with van der Waals surface area (Å²) in [6.07, 6.45) is 0. The van der Waals surface area contributed by atoms with Crippen LogP contribution in [-0.4, -0.2) is 86.5 Å². The van der Waals surface area contributed by atoms with Crippen molar-refractivity contribution < 1.29 is 19.1 Å². The number of rotatable bonds is 7. The second-order valence-corrected chi connectivity index (χ2v) is 9.86. The molecule has 0 unspecified atom stereocenters. The molecule has 2 aromatic carbocycles. The zero-order valence-electron chi connectivity index (χ0n) is 22.8. The van der Waals surface area contributed by atoms with Crippen molar-refractivity contribution in [2.75, 3.05) is 69.5 Å². The molecule has 3 heterocycles. The van der Waals surface area contributed by atoms with Gasteiger partial charge in [0, 0.05) is 50.2 Å². The molecule has 0 bridgehead atoms. The summed E-state index contributed by atoms with van der Waals surface area (Å²) in [6, 6.07) is 20.3. The van der Waals surface area contributed by atoms with E-state index in [1.807, 2.05) is 54.6 Å². The lowest BCUT2D eigenvalue weighted by Gasteiger charge is -2.32. The standard InChI is InChI=1S/C30H32N6O4/c1-34-15-17-36(18-16-34)19-25(37)35(2)22-11-9-21(10-12-22)31-27(20-7-5-4-6-8-20)26-23-13-14-24(30(39)40-3)32-28(23)33-29(26)38/h4-14,31H,15-19H2,1-3H3,(H,32,33,38). The van der Waals surface area contributed by atoms with Crippen molar-refractivity contribution in [1.82, 2.24) is 14.8 Å². The van der Waals surface area contributed by atoms with Crippen LogP contribution in [0, 0.1) is 0 Å².